The molecule has 45 heavy (non-hydrogen) atoms. The third-order valence-corrected chi connectivity index (χ3v) is 10.4. The maximum atomic E-state index is 16.6. The molecule has 0 unspecified atom stereocenters. The summed E-state index contributed by atoms with van der Waals surface area (Å²) in [6, 6.07) is 2.02. The first-order chi connectivity index (χ1) is 21.2. The average molecular weight is 654 g/mol. The third-order valence-electron chi connectivity index (χ3n) is 10.1. The summed E-state index contributed by atoms with van der Waals surface area (Å²) in [5.41, 5.74) is 1.80. The summed E-state index contributed by atoms with van der Waals surface area (Å²) in [6.45, 7) is 1.29. The molecule has 3 aliphatic heterocycles. The van der Waals surface area contributed by atoms with Crippen LogP contribution in [0.25, 0.3) is 22.2 Å². The second-order valence-electron chi connectivity index (χ2n) is 13.0. The highest BCUT2D eigenvalue weighted by Crippen LogP contribution is 2.50. The zero-order chi connectivity index (χ0) is 32.1. The number of hydrogen-bond donors (Lipinski definition) is 1. The molecule has 0 bridgehead atoms. The van der Waals surface area contributed by atoms with E-state index in [1.165, 1.54) is 0 Å². The number of hydrogen-bond acceptors (Lipinski definition) is 9. The van der Waals surface area contributed by atoms with E-state index in [4.69, 9.17) is 31.8 Å². The van der Waals surface area contributed by atoms with Crippen molar-refractivity contribution in [1.29, 1.82) is 0 Å². The third kappa shape index (κ3) is 4.82. The Kier molecular flexibility index (Phi) is 7.03. The predicted octanol–water partition coefficient (Wildman–Crippen LogP) is 5.33. The number of benzene rings is 1. The molecule has 2 aromatic heterocycles. The van der Waals surface area contributed by atoms with Gasteiger partial charge in [0, 0.05) is 37.3 Å². The van der Waals surface area contributed by atoms with Crippen molar-refractivity contribution in [2.75, 3.05) is 58.1 Å². The topological polar surface area (TPSA) is 92.9 Å². The van der Waals surface area contributed by atoms with Gasteiger partial charge in [0.1, 0.15) is 41.8 Å². The minimum absolute atomic E-state index is 0.0852. The lowest BCUT2D eigenvalue weighted by molar-refractivity contribution is -0.137. The van der Waals surface area contributed by atoms with Gasteiger partial charge in [0.05, 0.1) is 21.7 Å². The van der Waals surface area contributed by atoms with Crippen molar-refractivity contribution in [1.82, 2.24) is 24.8 Å². The monoisotopic (exact) mass is 653 g/mol. The Labute approximate surface area is 261 Å². The number of alkyl halides is 4. The largest absolute Gasteiger partial charge is 0.475 e. The second-order valence-corrected chi connectivity index (χ2v) is 13.4. The smallest absolute Gasteiger partial charge is 0.418 e. The number of pyridine rings is 1. The van der Waals surface area contributed by atoms with Crippen LogP contribution in [0.3, 0.4) is 0 Å². The standard InChI is InChI=1S/C30H33ClF5N7O2/c1-41(2)17-10-29(11-17)14-44-26-20-24(22(33)23(38-26)18-7-16(37)8-19(31)21(18)30(34,35)36)39-27(40-25(20)42(29)3)45-13-28-5-4-6-43(28)12-15(32)9-28/h7-8,15,17H,4-6,9-14,37H2,1-3H3/t15-,17?,28+,29?/m1/s1. The van der Waals surface area contributed by atoms with E-state index < -0.39 is 51.1 Å². The van der Waals surface area contributed by atoms with E-state index in [1.54, 1.807) is 0 Å². The van der Waals surface area contributed by atoms with Gasteiger partial charge in [-0.25, -0.2) is 13.8 Å². The van der Waals surface area contributed by atoms with Crippen molar-refractivity contribution >= 4 is 34.0 Å². The number of rotatable bonds is 5. The van der Waals surface area contributed by atoms with E-state index in [9.17, 15) is 17.6 Å². The summed E-state index contributed by atoms with van der Waals surface area (Å²) < 4.78 is 86.1. The molecule has 1 spiro atoms. The Morgan fingerprint density at radius 3 is 2.64 bits per heavy atom. The van der Waals surface area contributed by atoms with Crippen LogP contribution in [0, 0.1) is 5.82 Å². The summed E-state index contributed by atoms with van der Waals surface area (Å²) in [5.74, 6) is -0.953. The summed E-state index contributed by atoms with van der Waals surface area (Å²) in [5, 5.41) is -0.575. The van der Waals surface area contributed by atoms with Crippen LogP contribution >= 0.6 is 11.6 Å². The van der Waals surface area contributed by atoms with E-state index in [1.807, 2.05) is 26.0 Å². The van der Waals surface area contributed by atoms with E-state index >= 15 is 4.39 Å². The van der Waals surface area contributed by atoms with Crippen molar-refractivity contribution < 1.29 is 31.4 Å². The molecule has 1 aromatic carbocycles. The van der Waals surface area contributed by atoms with Crippen LogP contribution in [0.15, 0.2) is 12.1 Å². The molecule has 3 aromatic rings. The molecule has 15 heteroatoms. The number of halogens is 6. The lowest BCUT2D eigenvalue weighted by Crippen LogP contribution is -2.64. The minimum atomic E-state index is -4.94. The number of aromatic nitrogens is 3. The molecule has 4 aliphatic rings. The molecular weight excluding hydrogens is 621 g/mol. The highest BCUT2D eigenvalue weighted by Gasteiger charge is 2.52. The molecule has 9 nitrogen and oxygen atoms in total. The summed E-state index contributed by atoms with van der Waals surface area (Å²) in [7, 11) is 5.78. The van der Waals surface area contributed by atoms with Crippen LogP contribution in [0.5, 0.6) is 11.9 Å². The zero-order valence-electron chi connectivity index (χ0n) is 25.0. The van der Waals surface area contributed by atoms with Crippen LogP contribution < -0.4 is 20.1 Å². The Morgan fingerprint density at radius 1 is 1.18 bits per heavy atom. The van der Waals surface area contributed by atoms with Crippen LogP contribution in [0.4, 0.5) is 33.5 Å². The maximum absolute atomic E-state index is 16.6. The minimum Gasteiger partial charge on any atom is -0.475 e. The Bertz CT molecular complexity index is 1690. The predicted molar refractivity (Wildman–Crippen MR) is 159 cm³/mol. The van der Waals surface area contributed by atoms with Crippen molar-refractivity contribution in [2.45, 2.75) is 61.6 Å². The quantitative estimate of drug-likeness (QED) is 0.290. The number of anilines is 2. The maximum Gasteiger partial charge on any atom is 0.418 e. The normalized spacial score (nSPS) is 28.0. The van der Waals surface area contributed by atoms with Gasteiger partial charge >= 0.3 is 12.2 Å². The van der Waals surface area contributed by atoms with Gasteiger partial charge in [-0.3, -0.25) is 4.90 Å². The van der Waals surface area contributed by atoms with Crippen molar-refractivity contribution in [3.8, 4) is 23.1 Å². The number of fused-ring (bicyclic) bond motifs is 1. The highest BCUT2D eigenvalue weighted by molar-refractivity contribution is 6.32. The van der Waals surface area contributed by atoms with Gasteiger partial charge in [-0.1, -0.05) is 11.6 Å². The summed E-state index contributed by atoms with van der Waals surface area (Å²) >= 11 is 6.01. The molecule has 2 N–H and O–H groups in total. The SMILES string of the molecule is CN(C)C1CC2(COc3nc(-c4cc(N)cc(Cl)c4C(F)(F)F)c(F)c4nc(OC[C@@]56CCCN5C[C@H](F)C6)nc(c34)N2C)C1. The van der Waals surface area contributed by atoms with Gasteiger partial charge in [0.25, 0.3) is 0 Å². The van der Waals surface area contributed by atoms with E-state index in [0.717, 1.165) is 31.5 Å². The van der Waals surface area contributed by atoms with Gasteiger partial charge in [0.15, 0.2) is 5.82 Å². The molecule has 3 fully saturated rings. The van der Waals surface area contributed by atoms with Crippen LogP contribution in [-0.2, 0) is 6.18 Å². The number of ether oxygens (including phenoxy) is 2. The van der Waals surface area contributed by atoms with Crippen LogP contribution in [0.1, 0.15) is 37.7 Å². The number of nitrogens with two attached hydrogens (primary N) is 1. The first-order valence-corrected chi connectivity index (χ1v) is 15.2. The fourth-order valence-corrected chi connectivity index (χ4v) is 7.88. The molecule has 242 valence electrons. The Hall–Kier alpha value is -3.23. The molecule has 5 heterocycles. The van der Waals surface area contributed by atoms with Crippen molar-refractivity contribution in [2.24, 2.45) is 0 Å². The molecule has 0 amide bonds. The van der Waals surface area contributed by atoms with E-state index in [0.29, 0.717) is 25.8 Å². The summed E-state index contributed by atoms with van der Waals surface area (Å²) in [6.07, 6.45) is -2.60. The first-order valence-electron chi connectivity index (χ1n) is 14.8. The lowest BCUT2D eigenvalue weighted by atomic mass is 9.71. The molecule has 2 atom stereocenters. The van der Waals surface area contributed by atoms with Crippen LogP contribution in [-0.4, -0.2) is 95.5 Å². The number of likely N-dealkylation sites (N-methyl/N-ethyl adjacent to an activating group) is 1. The van der Waals surface area contributed by atoms with Gasteiger partial charge in [0.2, 0.25) is 5.88 Å². The molecule has 1 aliphatic carbocycles. The fourth-order valence-electron chi connectivity index (χ4n) is 7.54. The fraction of sp³-hybridized carbons (Fsp3) is 0.567. The Balaban J connectivity index is 1.39. The first kappa shape index (κ1) is 30.4. The van der Waals surface area contributed by atoms with Crippen molar-refractivity contribution in [3.63, 3.8) is 0 Å². The summed E-state index contributed by atoms with van der Waals surface area (Å²) in [4.78, 5) is 19.5. The van der Waals surface area contributed by atoms with E-state index in [2.05, 4.69) is 19.8 Å². The molecule has 0 radical (unpaired) electrons. The lowest BCUT2D eigenvalue weighted by Gasteiger charge is -2.54. The van der Waals surface area contributed by atoms with Gasteiger partial charge in [-0.05, 0) is 58.5 Å². The van der Waals surface area contributed by atoms with E-state index in [-0.39, 0.29) is 53.6 Å². The number of nitrogen functional groups attached to an aromatic ring is 1. The molecular formula is C30H33ClF5N7O2. The molecule has 1 saturated carbocycles. The Morgan fingerprint density at radius 2 is 1.93 bits per heavy atom. The average Bonchev–Trinajstić information content (AvgIpc) is 3.42. The second kappa shape index (κ2) is 10.4. The molecule has 7 rings (SSSR count). The highest BCUT2D eigenvalue weighted by atomic mass is 35.5. The molecule has 2 saturated heterocycles. The van der Waals surface area contributed by atoms with Crippen molar-refractivity contribution in [3.05, 3.63) is 28.5 Å². The number of nitrogens with zero attached hydrogens (tertiary/aromatic N) is 6. The van der Waals surface area contributed by atoms with Gasteiger partial charge in [-0.15, -0.1) is 0 Å². The van der Waals surface area contributed by atoms with Crippen LogP contribution in [0.2, 0.25) is 5.02 Å². The van der Waals surface area contributed by atoms with Gasteiger partial charge in [-0.2, -0.15) is 23.1 Å². The van der Waals surface area contributed by atoms with Gasteiger partial charge < -0.3 is 25.0 Å². The zero-order valence-corrected chi connectivity index (χ0v) is 25.8.